The Kier molecular flexibility index (Phi) is 3.52. The van der Waals surface area contributed by atoms with Crippen molar-refractivity contribution in [1.29, 1.82) is 0 Å². The molecule has 0 aliphatic carbocycles. The van der Waals surface area contributed by atoms with Crippen molar-refractivity contribution in [2.75, 3.05) is 0 Å². The molecule has 4 nitrogen and oxygen atoms in total. The Labute approximate surface area is 120 Å². The Balaban J connectivity index is 1.73. The molecule has 0 saturated carbocycles. The first-order valence-electron chi connectivity index (χ1n) is 6.45. The standard InChI is InChI=1S/C15H14N2O2S/c1-2-14-17-10(9-20-14)7-16-15(18)12-8-19-13-6-4-3-5-11(12)13/h3-6,8-9H,2,7H2,1H3,(H,16,18). The number of nitrogens with one attached hydrogen (secondary N) is 1. The summed E-state index contributed by atoms with van der Waals surface area (Å²) in [5, 5.41) is 6.77. The SMILES string of the molecule is CCc1nc(CNC(=O)c2coc3ccccc23)cs1. The summed E-state index contributed by atoms with van der Waals surface area (Å²) in [6, 6.07) is 7.50. The highest BCUT2D eigenvalue weighted by atomic mass is 32.1. The molecule has 0 aliphatic rings. The molecule has 1 aromatic carbocycles. The van der Waals surface area contributed by atoms with Gasteiger partial charge in [0, 0.05) is 10.8 Å². The van der Waals surface area contributed by atoms with E-state index in [1.165, 1.54) is 6.26 Å². The van der Waals surface area contributed by atoms with Gasteiger partial charge in [0.15, 0.2) is 0 Å². The molecule has 0 spiro atoms. The summed E-state index contributed by atoms with van der Waals surface area (Å²) in [6.45, 7) is 2.51. The third-order valence-corrected chi connectivity index (χ3v) is 4.10. The van der Waals surface area contributed by atoms with Crippen LogP contribution in [0.25, 0.3) is 11.0 Å². The molecule has 0 atom stereocenters. The fraction of sp³-hybridized carbons (Fsp3) is 0.200. The molecule has 0 aliphatic heterocycles. The predicted octanol–water partition coefficient (Wildman–Crippen LogP) is 3.38. The van der Waals surface area contributed by atoms with E-state index >= 15 is 0 Å². The van der Waals surface area contributed by atoms with Crippen molar-refractivity contribution in [2.45, 2.75) is 19.9 Å². The number of para-hydroxylation sites is 1. The van der Waals surface area contributed by atoms with Crippen molar-refractivity contribution in [3.63, 3.8) is 0 Å². The van der Waals surface area contributed by atoms with Crippen LogP contribution in [0.1, 0.15) is 28.0 Å². The Morgan fingerprint density at radius 3 is 3.05 bits per heavy atom. The lowest BCUT2D eigenvalue weighted by atomic mass is 10.1. The van der Waals surface area contributed by atoms with Crippen LogP contribution >= 0.6 is 11.3 Å². The van der Waals surface area contributed by atoms with Crippen molar-refractivity contribution in [3.8, 4) is 0 Å². The number of fused-ring (bicyclic) bond motifs is 1. The van der Waals surface area contributed by atoms with Crippen LogP contribution in [0.5, 0.6) is 0 Å². The Bertz CT molecular complexity index is 745. The average Bonchev–Trinajstić information content (AvgIpc) is 3.11. The Morgan fingerprint density at radius 1 is 1.40 bits per heavy atom. The van der Waals surface area contributed by atoms with Crippen LogP contribution in [0.2, 0.25) is 0 Å². The van der Waals surface area contributed by atoms with Gasteiger partial charge in [-0.1, -0.05) is 25.1 Å². The number of amides is 1. The summed E-state index contributed by atoms with van der Waals surface area (Å²) < 4.78 is 5.37. The second-order valence-electron chi connectivity index (χ2n) is 4.41. The highest BCUT2D eigenvalue weighted by Gasteiger charge is 2.13. The van der Waals surface area contributed by atoms with Crippen LogP contribution in [0.15, 0.2) is 40.3 Å². The molecule has 3 rings (SSSR count). The summed E-state index contributed by atoms with van der Waals surface area (Å²) >= 11 is 1.62. The minimum atomic E-state index is -0.138. The van der Waals surface area contributed by atoms with Crippen LogP contribution < -0.4 is 5.32 Å². The van der Waals surface area contributed by atoms with Gasteiger partial charge < -0.3 is 9.73 Å². The first-order valence-corrected chi connectivity index (χ1v) is 7.33. The zero-order chi connectivity index (χ0) is 13.9. The number of carbonyl (C=O) groups excluding carboxylic acids is 1. The van der Waals surface area contributed by atoms with Gasteiger partial charge in [0.2, 0.25) is 0 Å². The second kappa shape index (κ2) is 5.46. The summed E-state index contributed by atoms with van der Waals surface area (Å²) in [5.74, 6) is -0.138. The fourth-order valence-electron chi connectivity index (χ4n) is 2.01. The minimum absolute atomic E-state index is 0.138. The summed E-state index contributed by atoms with van der Waals surface area (Å²) in [6.07, 6.45) is 2.42. The van der Waals surface area contributed by atoms with Gasteiger partial charge in [-0.3, -0.25) is 4.79 Å². The fourth-order valence-corrected chi connectivity index (χ4v) is 2.76. The summed E-state index contributed by atoms with van der Waals surface area (Å²) in [7, 11) is 0. The molecule has 1 N–H and O–H groups in total. The number of carbonyl (C=O) groups is 1. The van der Waals surface area contributed by atoms with Crippen LogP contribution in [0.4, 0.5) is 0 Å². The summed E-state index contributed by atoms with van der Waals surface area (Å²) in [5.41, 5.74) is 2.18. The first-order chi connectivity index (χ1) is 9.78. The Hall–Kier alpha value is -2.14. The van der Waals surface area contributed by atoms with E-state index in [2.05, 4.69) is 17.2 Å². The topological polar surface area (TPSA) is 55.1 Å². The third-order valence-electron chi connectivity index (χ3n) is 3.06. The quantitative estimate of drug-likeness (QED) is 0.800. The van der Waals surface area contributed by atoms with Gasteiger partial charge in [-0.25, -0.2) is 4.98 Å². The number of thiazole rings is 1. The number of aromatic nitrogens is 1. The number of rotatable bonds is 4. The normalized spacial score (nSPS) is 10.8. The molecule has 3 aromatic rings. The number of benzene rings is 1. The van der Waals surface area contributed by atoms with E-state index in [-0.39, 0.29) is 5.91 Å². The first kappa shape index (κ1) is 12.9. The van der Waals surface area contributed by atoms with Crippen molar-refractivity contribution < 1.29 is 9.21 Å². The zero-order valence-corrected chi connectivity index (χ0v) is 11.9. The number of hydrogen-bond donors (Lipinski definition) is 1. The molecule has 0 fully saturated rings. The van der Waals surface area contributed by atoms with Crippen molar-refractivity contribution in [3.05, 3.63) is 52.2 Å². The lowest BCUT2D eigenvalue weighted by Crippen LogP contribution is -2.22. The maximum Gasteiger partial charge on any atom is 0.255 e. The van der Waals surface area contributed by atoms with E-state index in [1.54, 1.807) is 11.3 Å². The molecule has 0 unspecified atom stereocenters. The molecule has 102 valence electrons. The largest absolute Gasteiger partial charge is 0.463 e. The van der Waals surface area contributed by atoms with Gasteiger partial charge in [-0.05, 0) is 12.5 Å². The highest BCUT2D eigenvalue weighted by Crippen LogP contribution is 2.20. The maximum absolute atomic E-state index is 12.2. The molecule has 2 heterocycles. The molecular weight excluding hydrogens is 272 g/mol. The lowest BCUT2D eigenvalue weighted by Gasteiger charge is -2.01. The third kappa shape index (κ3) is 2.44. The second-order valence-corrected chi connectivity index (χ2v) is 5.36. The van der Waals surface area contributed by atoms with Gasteiger partial charge in [0.25, 0.3) is 5.91 Å². The van der Waals surface area contributed by atoms with E-state index in [9.17, 15) is 4.79 Å². The molecule has 2 aromatic heterocycles. The number of aryl methyl sites for hydroxylation is 1. The summed E-state index contributed by atoms with van der Waals surface area (Å²) in [4.78, 5) is 16.6. The van der Waals surface area contributed by atoms with E-state index in [4.69, 9.17) is 4.42 Å². The minimum Gasteiger partial charge on any atom is -0.463 e. The van der Waals surface area contributed by atoms with Crippen LogP contribution in [-0.2, 0) is 13.0 Å². The highest BCUT2D eigenvalue weighted by molar-refractivity contribution is 7.09. The van der Waals surface area contributed by atoms with E-state index in [0.29, 0.717) is 12.1 Å². The average molecular weight is 286 g/mol. The molecule has 0 radical (unpaired) electrons. The predicted molar refractivity (Wildman–Crippen MR) is 78.9 cm³/mol. The van der Waals surface area contributed by atoms with Gasteiger partial charge in [-0.15, -0.1) is 11.3 Å². The maximum atomic E-state index is 12.2. The van der Waals surface area contributed by atoms with Crippen LogP contribution in [-0.4, -0.2) is 10.9 Å². The van der Waals surface area contributed by atoms with Gasteiger partial charge >= 0.3 is 0 Å². The van der Waals surface area contributed by atoms with E-state index in [0.717, 1.165) is 28.1 Å². The molecule has 1 amide bonds. The van der Waals surface area contributed by atoms with E-state index in [1.807, 2.05) is 29.6 Å². The van der Waals surface area contributed by atoms with Crippen molar-refractivity contribution in [2.24, 2.45) is 0 Å². The number of hydrogen-bond acceptors (Lipinski definition) is 4. The van der Waals surface area contributed by atoms with Crippen LogP contribution in [0.3, 0.4) is 0 Å². The molecule has 0 saturated heterocycles. The van der Waals surface area contributed by atoms with Gasteiger partial charge in [0.05, 0.1) is 22.8 Å². The number of nitrogens with zero attached hydrogens (tertiary/aromatic N) is 1. The van der Waals surface area contributed by atoms with Crippen molar-refractivity contribution >= 4 is 28.2 Å². The molecule has 20 heavy (non-hydrogen) atoms. The van der Waals surface area contributed by atoms with Gasteiger partial charge in [-0.2, -0.15) is 0 Å². The van der Waals surface area contributed by atoms with Gasteiger partial charge in [0.1, 0.15) is 11.8 Å². The lowest BCUT2D eigenvalue weighted by molar-refractivity contribution is 0.0951. The van der Waals surface area contributed by atoms with E-state index < -0.39 is 0 Å². The zero-order valence-electron chi connectivity index (χ0n) is 11.1. The molecule has 0 bridgehead atoms. The van der Waals surface area contributed by atoms with Crippen molar-refractivity contribution in [1.82, 2.24) is 10.3 Å². The number of furan rings is 1. The monoisotopic (exact) mass is 286 g/mol. The molecule has 5 heteroatoms. The smallest absolute Gasteiger partial charge is 0.255 e. The van der Waals surface area contributed by atoms with Crippen LogP contribution in [0, 0.1) is 0 Å². The Morgan fingerprint density at radius 2 is 2.25 bits per heavy atom. The molecular formula is C15H14N2O2S.